The molecule has 2 aromatic heterocycles. The smallest absolute Gasteiger partial charge is 0.252 e. The van der Waals surface area contributed by atoms with E-state index in [1.54, 1.807) is 30.3 Å². The van der Waals surface area contributed by atoms with Crippen LogP contribution in [0.3, 0.4) is 0 Å². The highest BCUT2D eigenvalue weighted by atomic mass is 35.5. The quantitative estimate of drug-likeness (QED) is 0.336. The Morgan fingerprint density at radius 1 is 1.18 bits per heavy atom. The standard InChI is InChI=1S/C25H21ClN4O4/c1-25(13-33-2)24(32)29-19-12-28-23-20(21(19)30-25)17(11-27-23)22(31)16-9-8-15(10-18(16)26)34-14-6-4-3-5-7-14/h3-12,30H,13H2,1-2H3,(H,27,28)(H,29,32)/t25-/m1/s1/i2D3. The van der Waals surface area contributed by atoms with Crippen LogP contribution in [-0.4, -0.2) is 40.8 Å². The van der Waals surface area contributed by atoms with Crippen LogP contribution in [0.1, 0.15) is 27.0 Å². The number of H-pyrrole nitrogens is 1. The van der Waals surface area contributed by atoms with Crippen LogP contribution in [0.4, 0.5) is 11.4 Å². The predicted molar refractivity (Wildman–Crippen MR) is 130 cm³/mol. The molecule has 3 heterocycles. The second-order valence-corrected chi connectivity index (χ2v) is 8.47. The largest absolute Gasteiger partial charge is 0.457 e. The summed E-state index contributed by atoms with van der Waals surface area (Å²) >= 11 is 6.48. The molecule has 0 saturated carbocycles. The fraction of sp³-hybridized carbons (Fsp3) is 0.160. The fourth-order valence-electron chi connectivity index (χ4n) is 3.85. The van der Waals surface area contributed by atoms with E-state index >= 15 is 0 Å². The average molecular weight is 480 g/mol. The number of aromatic nitrogens is 2. The molecular formula is C25H21ClN4O4. The lowest BCUT2D eigenvalue weighted by Crippen LogP contribution is -2.53. The third-order valence-electron chi connectivity index (χ3n) is 5.62. The minimum absolute atomic E-state index is 0.197. The molecule has 0 bridgehead atoms. The summed E-state index contributed by atoms with van der Waals surface area (Å²) in [5.41, 5.74) is 0.238. The summed E-state index contributed by atoms with van der Waals surface area (Å²) in [6.07, 6.45) is 2.96. The molecule has 1 amide bonds. The molecule has 0 fully saturated rings. The number of rotatable bonds is 6. The number of hydrogen-bond donors (Lipinski definition) is 3. The van der Waals surface area contributed by atoms with Gasteiger partial charge in [-0.25, -0.2) is 4.98 Å². The summed E-state index contributed by atoms with van der Waals surface area (Å²) in [6, 6.07) is 14.0. The van der Waals surface area contributed by atoms with Crippen LogP contribution in [0, 0.1) is 0 Å². The number of ether oxygens (including phenoxy) is 2. The molecule has 34 heavy (non-hydrogen) atoms. The maximum absolute atomic E-state index is 13.6. The van der Waals surface area contributed by atoms with Gasteiger partial charge in [-0.2, -0.15) is 0 Å². The molecule has 1 atom stereocenters. The number of carbonyl (C=O) groups is 2. The number of carbonyl (C=O) groups excluding carboxylic acids is 2. The number of benzene rings is 2. The van der Waals surface area contributed by atoms with Gasteiger partial charge < -0.3 is 25.1 Å². The zero-order valence-corrected chi connectivity index (χ0v) is 18.7. The van der Waals surface area contributed by atoms with Crippen LogP contribution in [-0.2, 0) is 9.53 Å². The molecule has 172 valence electrons. The molecule has 1 aliphatic rings. The molecule has 9 heteroatoms. The minimum atomic E-state index is -2.68. The van der Waals surface area contributed by atoms with Crippen molar-refractivity contribution in [3.63, 3.8) is 0 Å². The second-order valence-electron chi connectivity index (χ2n) is 8.06. The van der Waals surface area contributed by atoms with Crippen molar-refractivity contribution in [1.29, 1.82) is 0 Å². The van der Waals surface area contributed by atoms with Crippen molar-refractivity contribution in [2.75, 3.05) is 24.3 Å². The van der Waals surface area contributed by atoms with E-state index in [4.69, 9.17) is 25.2 Å². The Bertz CT molecular complexity index is 1520. The van der Waals surface area contributed by atoms with Gasteiger partial charge in [0.1, 0.15) is 22.7 Å². The second kappa shape index (κ2) is 8.48. The highest BCUT2D eigenvalue weighted by molar-refractivity contribution is 6.36. The Kier molecular flexibility index (Phi) is 4.62. The minimum Gasteiger partial charge on any atom is -0.457 e. The zero-order valence-electron chi connectivity index (χ0n) is 20.9. The van der Waals surface area contributed by atoms with Crippen LogP contribution >= 0.6 is 11.6 Å². The molecule has 1 aliphatic heterocycles. The SMILES string of the molecule is [2H]C([2H])([2H])OC[C@@]1(C)Nc2c(cnc3[nH]cc(C(=O)c4ccc(Oc5ccccc5)cc4Cl)c23)NC1=O. The number of hydrogen-bond acceptors (Lipinski definition) is 6. The summed E-state index contributed by atoms with van der Waals surface area (Å²) in [7, 11) is -2.68. The molecule has 0 radical (unpaired) electrons. The number of para-hydroxylation sites is 1. The van der Waals surface area contributed by atoms with Gasteiger partial charge in [-0.15, -0.1) is 0 Å². The first-order chi connectivity index (χ1) is 17.5. The lowest BCUT2D eigenvalue weighted by atomic mass is 9.96. The van der Waals surface area contributed by atoms with Crippen LogP contribution < -0.4 is 15.4 Å². The molecular weight excluding hydrogens is 456 g/mol. The third kappa shape index (κ3) is 3.76. The molecule has 0 unspecified atom stereocenters. The lowest BCUT2D eigenvalue weighted by molar-refractivity contribution is -0.121. The maximum Gasteiger partial charge on any atom is 0.252 e. The Balaban J connectivity index is 1.49. The predicted octanol–water partition coefficient (Wildman–Crippen LogP) is 5.01. The van der Waals surface area contributed by atoms with Crippen molar-refractivity contribution in [3.05, 3.63) is 77.1 Å². The van der Waals surface area contributed by atoms with Gasteiger partial charge in [0.2, 0.25) is 0 Å². The Morgan fingerprint density at radius 2 is 2.00 bits per heavy atom. The maximum atomic E-state index is 13.6. The molecule has 3 N–H and O–H groups in total. The van der Waals surface area contributed by atoms with Gasteiger partial charge in [-0.3, -0.25) is 9.59 Å². The van der Waals surface area contributed by atoms with Gasteiger partial charge in [0.15, 0.2) is 5.78 Å². The number of ketones is 1. The Labute approximate surface area is 204 Å². The molecule has 8 nitrogen and oxygen atoms in total. The molecule has 0 spiro atoms. The van der Waals surface area contributed by atoms with E-state index in [2.05, 4.69) is 20.6 Å². The molecule has 2 aromatic carbocycles. The number of methoxy groups -OCH3 is 1. The van der Waals surface area contributed by atoms with Crippen molar-refractivity contribution in [1.82, 2.24) is 9.97 Å². The highest BCUT2D eigenvalue weighted by Gasteiger charge is 2.39. The van der Waals surface area contributed by atoms with E-state index < -0.39 is 25.1 Å². The van der Waals surface area contributed by atoms with Gasteiger partial charge in [-0.05, 0) is 31.2 Å². The normalized spacial score (nSPS) is 18.8. The molecule has 0 aliphatic carbocycles. The third-order valence-corrected chi connectivity index (χ3v) is 5.93. The van der Waals surface area contributed by atoms with E-state index in [1.165, 1.54) is 19.3 Å². The first kappa shape index (κ1) is 18.5. The van der Waals surface area contributed by atoms with E-state index in [0.717, 1.165) is 0 Å². The number of halogens is 1. The zero-order chi connectivity index (χ0) is 26.4. The summed E-state index contributed by atoms with van der Waals surface area (Å²) < 4.78 is 32.6. The van der Waals surface area contributed by atoms with Gasteiger partial charge >= 0.3 is 0 Å². The summed E-state index contributed by atoms with van der Waals surface area (Å²) in [6.45, 7) is 1.08. The van der Waals surface area contributed by atoms with Gasteiger partial charge in [0.25, 0.3) is 5.91 Å². The number of nitrogens with zero attached hydrogens (tertiary/aromatic N) is 1. The number of pyridine rings is 1. The van der Waals surface area contributed by atoms with E-state index in [0.29, 0.717) is 33.9 Å². The summed E-state index contributed by atoms with van der Waals surface area (Å²) in [4.78, 5) is 33.6. The number of aromatic amines is 1. The van der Waals surface area contributed by atoms with Crippen molar-refractivity contribution in [2.45, 2.75) is 12.5 Å². The van der Waals surface area contributed by atoms with Crippen molar-refractivity contribution < 1.29 is 23.2 Å². The summed E-state index contributed by atoms with van der Waals surface area (Å²) in [5, 5.41) is 6.41. The lowest BCUT2D eigenvalue weighted by Gasteiger charge is -2.35. The number of amides is 1. The van der Waals surface area contributed by atoms with Crippen LogP contribution in [0.2, 0.25) is 5.02 Å². The van der Waals surface area contributed by atoms with Crippen molar-refractivity contribution >= 4 is 45.7 Å². The highest BCUT2D eigenvalue weighted by Crippen LogP contribution is 2.39. The molecule has 5 rings (SSSR count). The Hall–Kier alpha value is -3.88. The van der Waals surface area contributed by atoms with Gasteiger partial charge in [0.05, 0.1) is 44.3 Å². The van der Waals surface area contributed by atoms with E-state index in [-0.39, 0.29) is 21.9 Å². The van der Waals surface area contributed by atoms with E-state index in [1.807, 2.05) is 18.2 Å². The molecule has 0 saturated heterocycles. The van der Waals surface area contributed by atoms with Crippen molar-refractivity contribution in [2.24, 2.45) is 0 Å². The first-order valence-electron chi connectivity index (χ1n) is 11.8. The summed E-state index contributed by atoms with van der Waals surface area (Å²) in [5.74, 6) is 0.230. The van der Waals surface area contributed by atoms with Crippen LogP contribution in [0.25, 0.3) is 11.0 Å². The monoisotopic (exact) mass is 479 g/mol. The number of fused-ring (bicyclic) bond motifs is 3. The van der Waals surface area contributed by atoms with Crippen LogP contribution in [0.5, 0.6) is 11.5 Å². The van der Waals surface area contributed by atoms with E-state index in [9.17, 15) is 9.59 Å². The van der Waals surface area contributed by atoms with Gasteiger partial charge in [0, 0.05) is 24.9 Å². The number of nitrogens with one attached hydrogen (secondary N) is 3. The number of anilines is 2. The average Bonchev–Trinajstić information content (AvgIpc) is 3.28. The van der Waals surface area contributed by atoms with Gasteiger partial charge in [-0.1, -0.05) is 29.8 Å². The molecule has 4 aromatic rings. The Morgan fingerprint density at radius 3 is 2.76 bits per heavy atom. The van der Waals surface area contributed by atoms with Crippen molar-refractivity contribution in [3.8, 4) is 11.5 Å². The topological polar surface area (TPSA) is 105 Å². The first-order valence-corrected chi connectivity index (χ1v) is 10.7. The van der Waals surface area contributed by atoms with Crippen LogP contribution in [0.15, 0.2) is 60.9 Å². The fourth-order valence-corrected chi connectivity index (χ4v) is 4.11.